The standard InChI is InChI=1S/C68H42N2O3/c1-3-21-43(22-4-1)45-25-11-15-35-56(45)69(58-37-19-33-53-49-29-13-17-39-62(49)71-67(53)58)60-41-55-65-51-31-9-7-27-47(51)61(42-64(65)73-66(55)52-32-10-8-28-48(52)60)70(57-36-16-12-26-46(57)44-23-5-2-6-24-44)59-38-20-34-54-50-30-14-18-40-63(50)72-68(54)59/h1-42H. The molecule has 0 unspecified atom stereocenters. The van der Waals surface area contributed by atoms with Gasteiger partial charge in [0.05, 0.1) is 34.1 Å². The first-order valence-corrected chi connectivity index (χ1v) is 24.7. The van der Waals surface area contributed by atoms with Crippen LogP contribution in [0.25, 0.3) is 110 Å². The van der Waals surface area contributed by atoms with Gasteiger partial charge in [-0.3, -0.25) is 0 Å². The van der Waals surface area contributed by atoms with Crippen LogP contribution in [0.2, 0.25) is 0 Å². The second-order valence-electron chi connectivity index (χ2n) is 18.7. The lowest BCUT2D eigenvalue weighted by Crippen LogP contribution is -2.12. The number of rotatable bonds is 8. The number of benzene rings is 12. The van der Waals surface area contributed by atoms with Crippen molar-refractivity contribution < 1.29 is 13.3 Å². The van der Waals surface area contributed by atoms with E-state index in [0.29, 0.717) is 0 Å². The number of furan rings is 3. The van der Waals surface area contributed by atoms with Crippen molar-refractivity contribution >= 4 is 121 Å². The molecule has 12 aromatic carbocycles. The van der Waals surface area contributed by atoms with E-state index in [-0.39, 0.29) is 0 Å². The van der Waals surface area contributed by atoms with E-state index in [9.17, 15) is 0 Å². The zero-order valence-corrected chi connectivity index (χ0v) is 39.4. The Morgan fingerprint density at radius 2 is 0.589 bits per heavy atom. The zero-order valence-electron chi connectivity index (χ0n) is 39.4. The van der Waals surface area contributed by atoms with Gasteiger partial charge >= 0.3 is 0 Å². The highest BCUT2D eigenvalue weighted by Crippen LogP contribution is 2.53. The quantitative estimate of drug-likeness (QED) is 0.152. The maximum atomic E-state index is 7.35. The molecule has 0 N–H and O–H groups in total. The normalized spacial score (nSPS) is 11.8. The monoisotopic (exact) mass is 934 g/mol. The SMILES string of the molecule is c1ccc(-c2ccccc2N(c2cc3c(oc4cc(N(c5ccccc5-c5ccccc5)c5cccc6c5oc5ccccc56)c5ccccc5c43)c3ccccc23)c2cccc3c2oc2ccccc23)cc1. The van der Waals surface area contributed by atoms with Crippen LogP contribution in [0.15, 0.2) is 268 Å². The fourth-order valence-electron chi connectivity index (χ4n) is 11.5. The summed E-state index contributed by atoms with van der Waals surface area (Å²) in [6, 6.07) is 90.2. The van der Waals surface area contributed by atoms with Gasteiger partial charge < -0.3 is 23.1 Å². The number of fused-ring (bicyclic) bond motifs is 13. The van der Waals surface area contributed by atoms with Gasteiger partial charge in [-0.15, -0.1) is 0 Å². The Kier molecular flexibility index (Phi) is 9.19. The Bertz CT molecular complexity index is 4640. The summed E-state index contributed by atoms with van der Waals surface area (Å²) in [6.07, 6.45) is 0. The van der Waals surface area contributed by atoms with Crippen molar-refractivity contribution in [2.24, 2.45) is 0 Å². The predicted molar refractivity (Wildman–Crippen MR) is 304 cm³/mol. The van der Waals surface area contributed by atoms with E-state index in [1.54, 1.807) is 0 Å². The molecule has 0 radical (unpaired) electrons. The summed E-state index contributed by atoms with van der Waals surface area (Å²) in [5.41, 5.74) is 15.2. The van der Waals surface area contributed by atoms with E-state index >= 15 is 0 Å². The molecule has 0 amide bonds. The third-order valence-corrected chi connectivity index (χ3v) is 14.6. The van der Waals surface area contributed by atoms with Crippen LogP contribution in [0.1, 0.15) is 0 Å². The number of hydrogen-bond acceptors (Lipinski definition) is 5. The van der Waals surface area contributed by atoms with Crippen LogP contribution < -0.4 is 9.80 Å². The summed E-state index contributed by atoms with van der Waals surface area (Å²) in [4.78, 5) is 4.78. The topological polar surface area (TPSA) is 45.9 Å². The van der Waals surface area contributed by atoms with Crippen molar-refractivity contribution in [3.8, 4) is 22.3 Å². The molecule has 15 rings (SSSR count). The van der Waals surface area contributed by atoms with Crippen molar-refractivity contribution in [3.63, 3.8) is 0 Å². The highest BCUT2D eigenvalue weighted by atomic mass is 16.3. The molecule has 73 heavy (non-hydrogen) atoms. The Hall–Kier alpha value is -9.84. The average molecular weight is 935 g/mol. The molecule has 0 aliphatic heterocycles. The van der Waals surface area contributed by atoms with Crippen LogP contribution in [-0.2, 0) is 0 Å². The van der Waals surface area contributed by atoms with Gasteiger partial charge in [-0.05, 0) is 59.0 Å². The molecule has 3 aromatic heterocycles. The Balaban J connectivity index is 1.04. The lowest BCUT2D eigenvalue weighted by molar-refractivity contribution is 0.668. The van der Waals surface area contributed by atoms with Gasteiger partial charge in [0.25, 0.3) is 0 Å². The average Bonchev–Trinajstić information content (AvgIpc) is 4.19. The number of para-hydroxylation sites is 6. The Labute approximate surface area is 419 Å². The lowest BCUT2D eigenvalue weighted by atomic mass is 9.96. The van der Waals surface area contributed by atoms with E-state index in [1.165, 1.54) is 0 Å². The first kappa shape index (κ1) is 41.0. The number of nitrogens with zero attached hydrogens (tertiary/aromatic N) is 2. The molecule has 5 nitrogen and oxygen atoms in total. The molecule has 342 valence electrons. The first-order valence-electron chi connectivity index (χ1n) is 24.7. The van der Waals surface area contributed by atoms with Gasteiger partial charge in [0.1, 0.15) is 22.3 Å². The van der Waals surface area contributed by atoms with E-state index < -0.39 is 0 Å². The van der Waals surface area contributed by atoms with E-state index in [4.69, 9.17) is 13.3 Å². The highest BCUT2D eigenvalue weighted by molar-refractivity contribution is 6.28. The highest BCUT2D eigenvalue weighted by Gasteiger charge is 2.29. The van der Waals surface area contributed by atoms with Gasteiger partial charge in [-0.1, -0.05) is 206 Å². The molecular formula is C68H42N2O3. The summed E-state index contributed by atoms with van der Waals surface area (Å²) in [5, 5.41) is 10.5. The molecule has 0 saturated carbocycles. The van der Waals surface area contributed by atoms with Crippen LogP contribution >= 0.6 is 0 Å². The van der Waals surface area contributed by atoms with Crippen molar-refractivity contribution in [3.05, 3.63) is 255 Å². The third kappa shape index (κ3) is 6.35. The summed E-state index contributed by atoms with van der Waals surface area (Å²) < 4.78 is 21.1. The molecule has 15 aromatic rings. The van der Waals surface area contributed by atoms with Gasteiger partial charge in [0.2, 0.25) is 0 Å². The lowest BCUT2D eigenvalue weighted by Gasteiger charge is -2.29. The van der Waals surface area contributed by atoms with Crippen LogP contribution in [-0.4, -0.2) is 0 Å². The van der Waals surface area contributed by atoms with Gasteiger partial charge in [-0.2, -0.15) is 0 Å². The minimum absolute atomic E-state index is 0.778. The van der Waals surface area contributed by atoms with Crippen LogP contribution in [0.3, 0.4) is 0 Å². The van der Waals surface area contributed by atoms with Gasteiger partial charge in [-0.25, -0.2) is 0 Å². The van der Waals surface area contributed by atoms with E-state index in [1.807, 2.05) is 18.2 Å². The van der Waals surface area contributed by atoms with Crippen LogP contribution in [0.4, 0.5) is 34.1 Å². The molecule has 0 spiro atoms. The minimum atomic E-state index is 0.778. The molecular weight excluding hydrogens is 893 g/mol. The smallest absolute Gasteiger partial charge is 0.159 e. The maximum Gasteiger partial charge on any atom is 0.159 e. The number of hydrogen-bond donors (Lipinski definition) is 0. The molecule has 0 bridgehead atoms. The van der Waals surface area contributed by atoms with Crippen molar-refractivity contribution in [1.29, 1.82) is 0 Å². The van der Waals surface area contributed by atoms with Gasteiger partial charge in [0.15, 0.2) is 11.2 Å². The second-order valence-corrected chi connectivity index (χ2v) is 18.7. The molecule has 0 aliphatic rings. The summed E-state index contributed by atoms with van der Waals surface area (Å²) in [6.45, 7) is 0. The molecule has 3 heterocycles. The second kappa shape index (κ2) is 16.4. The largest absolute Gasteiger partial charge is 0.455 e. The maximum absolute atomic E-state index is 7.35. The molecule has 0 saturated heterocycles. The van der Waals surface area contributed by atoms with Crippen molar-refractivity contribution in [2.45, 2.75) is 0 Å². The van der Waals surface area contributed by atoms with E-state index in [0.717, 1.165) is 144 Å². The van der Waals surface area contributed by atoms with Crippen molar-refractivity contribution in [2.75, 3.05) is 9.80 Å². The fraction of sp³-hybridized carbons (Fsp3) is 0. The number of anilines is 6. The third-order valence-electron chi connectivity index (χ3n) is 14.6. The van der Waals surface area contributed by atoms with Gasteiger partial charge in [0, 0.05) is 65.7 Å². The van der Waals surface area contributed by atoms with Crippen LogP contribution in [0, 0.1) is 0 Å². The first-order chi connectivity index (χ1) is 36.2. The summed E-state index contributed by atoms with van der Waals surface area (Å²) >= 11 is 0. The predicted octanol–water partition coefficient (Wildman–Crippen LogP) is 20.0. The Morgan fingerprint density at radius 3 is 1.14 bits per heavy atom. The Morgan fingerprint density at radius 1 is 0.219 bits per heavy atom. The molecule has 5 heteroatoms. The fourth-order valence-corrected chi connectivity index (χ4v) is 11.5. The molecule has 0 aliphatic carbocycles. The molecule has 0 atom stereocenters. The summed E-state index contributed by atoms with van der Waals surface area (Å²) in [7, 11) is 0. The van der Waals surface area contributed by atoms with Crippen LogP contribution in [0.5, 0.6) is 0 Å². The zero-order chi connectivity index (χ0) is 48.0. The minimum Gasteiger partial charge on any atom is -0.455 e. The van der Waals surface area contributed by atoms with E-state index in [2.05, 4.69) is 246 Å². The van der Waals surface area contributed by atoms with Crippen molar-refractivity contribution in [1.82, 2.24) is 0 Å². The summed E-state index contributed by atoms with van der Waals surface area (Å²) in [5.74, 6) is 0. The molecule has 0 fully saturated rings.